The van der Waals surface area contributed by atoms with Crippen LogP contribution in [0.15, 0.2) is 30.3 Å². The number of hydrogen-bond acceptors (Lipinski definition) is 5. The molecule has 0 aromatic carbocycles. The van der Waals surface area contributed by atoms with Crippen LogP contribution >= 0.6 is 11.3 Å². The van der Waals surface area contributed by atoms with E-state index in [4.69, 9.17) is 0 Å². The van der Waals surface area contributed by atoms with Crippen molar-refractivity contribution < 1.29 is 0 Å². The van der Waals surface area contributed by atoms with Gasteiger partial charge in [-0.15, -0.1) is 11.3 Å². The van der Waals surface area contributed by atoms with Crippen molar-refractivity contribution in [2.45, 2.75) is 25.3 Å². The van der Waals surface area contributed by atoms with E-state index in [0.29, 0.717) is 5.92 Å². The highest BCUT2D eigenvalue weighted by Crippen LogP contribution is 2.26. The lowest BCUT2D eigenvalue weighted by Crippen LogP contribution is -2.32. The Balaban J connectivity index is 1.55. The van der Waals surface area contributed by atoms with Crippen LogP contribution in [0.5, 0.6) is 0 Å². The van der Waals surface area contributed by atoms with Crippen LogP contribution in [0.4, 0.5) is 0 Å². The summed E-state index contributed by atoms with van der Waals surface area (Å²) >= 11 is 1.74. The van der Waals surface area contributed by atoms with Crippen molar-refractivity contribution in [1.29, 1.82) is 0 Å². The number of piperidine rings is 1. The summed E-state index contributed by atoms with van der Waals surface area (Å²) in [7, 11) is 0. The predicted molar refractivity (Wildman–Crippen MR) is 71.4 cm³/mol. The van der Waals surface area contributed by atoms with Crippen molar-refractivity contribution in [2.24, 2.45) is 0 Å². The van der Waals surface area contributed by atoms with E-state index in [0.717, 1.165) is 25.3 Å². The number of likely N-dealkylation sites (tertiary alicyclic amines) is 1. The molecule has 1 fully saturated rings. The van der Waals surface area contributed by atoms with Crippen LogP contribution in [-0.4, -0.2) is 32.9 Å². The first-order chi connectivity index (χ1) is 8.92. The topological polar surface area (TPSA) is 41.9 Å². The molecule has 2 aromatic rings. The van der Waals surface area contributed by atoms with Crippen LogP contribution in [0.2, 0.25) is 0 Å². The number of rotatable bonds is 3. The molecule has 5 heteroatoms. The van der Waals surface area contributed by atoms with Gasteiger partial charge >= 0.3 is 0 Å². The van der Waals surface area contributed by atoms with Crippen molar-refractivity contribution >= 4 is 11.3 Å². The number of aromatic nitrogens is 3. The van der Waals surface area contributed by atoms with E-state index in [1.807, 2.05) is 17.9 Å². The van der Waals surface area contributed by atoms with Gasteiger partial charge in [0.1, 0.15) is 0 Å². The lowest BCUT2D eigenvalue weighted by molar-refractivity contribution is 0.204. The quantitative estimate of drug-likeness (QED) is 0.849. The minimum atomic E-state index is 0.580. The Morgan fingerprint density at radius 2 is 2.06 bits per heavy atom. The van der Waals surface area contributed by atoms with E-state index < -0.39 is 0 Å². The van der Waals surface area contributed by atoms with E-state index in [9.17, 15) is 0 Å². The van der Waals surface area contributed by atoms with Crippen molar-refractivity contribution in [3.63, 3.8) is 0 Å². The van der Waals surface area contributed by atoms with Gasteiger partial charge in [-0.05, 0) is 25.9 Å². The molecule has 0 saturated carbocycles. The summed E-state index contributed by atoms with van der Waals surface area (Å²) in [5.74, 6) is 0.580. The Hall–Kier alpha value is -1.33. The monoisotopic (exact) mass is 260 g/mol. The molecule has 1 saturated heterocycles. The maximum Gasteiger partial charge on any atom is 0.0794 e. The van der Waals surface area contributed by atoms with Gasteiger partial charge in [-0.2, -0.15) is 0 Å². The summed E-state index contributed by atoms with van der Waals surface area (Å²) in [6, 6.07) is 0. The van der Waals surface area contributed by atoms with Crippen LogP contribution < -0.4 is 0 Å². The minimum absolute atomic E-state index is 0.580. The number of hydrogen-bond donors (Lipinski definition) is 0. The summed E-state index contributed by atoms with van der Waals surface area (Å²) < 4.78 is 0. The molecule has 0 radical (unpaired) electrons. The van der Waals surface area contributed by atoms with Gasteiger partial charge in [0, 0.05) is 42.1 Å². The van der Waals surface area contributed by atoms with Crippen molar-refractivity contribution in [2.75, 3.05) is 13.1 Å². The van der Waals surface area contributed by atoms with Gasteiger partial charge in [-0.25, -0.2) is 0 Å². The van der Waals surface area contributed by atoms with Gasteiger partial charge in [-0.1, -0.05) is 0 Å². The highest BCUT2D eigenvalue weighted by Gasteiger charge is 2.21. The average molecular weight is 260 g/mol. The molecular weight excluding hydrogens is 244 g/mol. The first-order valence-electron chi connectivity index (χ1n) is 6.27. The third-order valence-corrected chi connectivity index (χ3v) is 4.22. The first kappa shape index (κ1) is 11.7. The summed E-state index contributed by atoms with van der Waals surface area (Å²) in [6.07, 6.45) is 9.76. The largest absolute Gasteiger partial charge is 0.298 e. The SMILES string of the molecule is c1cnc(C2CCN(Cc3cncs3)CC2)cn1. The van der Waals surface area contributed by atoms with E-state index >= 15 is 0 Å². The summed E-state index contributed by atoms with van der Waals surface area (Å²) in [5.41, 5.74) is 3.05. The second kappa shape index (κ2) is 5.54. The van der Waals surface area contributed by atoms with Crippen LogP contribution in [0.25, 0.3) is 0 Å². The molecule has 0 spiro atoms. The molecule has 94 valence electrons. The fourth-order valence-electron chi connectivity index (χ4n) is 2.45. The number of thiazole rings is 1. The Bertz CT molecular complexity index is 463. The van der Waals surface area contributed by atoms with Crippen LogP contribution in [-0.2, 0) is 6.54 Å². The average Bonchev–Trinajstić information content (AvgIpc) is 2.94. The van der Waals surface area contributed by atoms with E-state index in [1.54, 1.807) is 23.7 Å². The normalized spacial score (nSPS) is 18.0. The zero-order valence-corrected chi connectivity index (χ0v) is 11.0. The third kappa shape index (κ3) is 2.73. The van der Waals surface area contributed by atoms with E-state index in [2.05, 4.69) is 19.9 Å². The highest BCUT2D eigenvalue weighted by molar-refractivity contribution is 7.09. The lowest BCUT2D eigenvalue weighted by atomic mass is 9.94. The molecule has 0 atom stereocenters. The predicted octanol–water partition coefficient (Wildman–Crippen LogP) is 2.31. The van der Waals surface area contributed by atoms with Crippen molar-refractivity contribution in [3.8, 4) is 0 Å². The molecular formula is C13H16N4S. The molecule has 2 aromatic heterocycles. The van der Waals surface area contributed by atoms with Gasteiger partial charge < -0.3 is 0 Å². The Morgan fingerprint density at radius 1 is 1.17 bits per heavy atom. The van der Waals surface area contributed by atoms with E-state index in [-0.39, 0.29) is 0 Å². The maximum atomic E-state index is 4.41. The summed E-state index contributed by atoms with van der Waals surface area (Å²) in [5, 5.41) is 0. The minimum Gasteiger partial charge on any atom is -0.298 e. The maximum absolute atomic E-state index is 4.41. The van der Waals surface area contributed by atoms with Crippen molar-refractivity contribution in [1.82, 2.24) is 19.9 Å². The standard InChI is InChI=1S/C13H16N4S/c1-5-17(9-12-7-15-10-18-12)6-2-11(1)13-8-14-3-4-16-13/h3-4,7-8,10-11H,1-2,5-6,9H2. The lowest BCUT2D eigenvalue weighted by Gasteiger charge is -2.31. The Labute approximate surface area is 111 Å². The molecule has 0 bridgehead atoms. The van der Waals surface area contributed by atoms with Gasteiger partial charge in [0.05, 0.1) is 11.2 Å². The third-order valence-electron chi connectivity index (χ3n) is 3.45. The second-order valence-electron chi connectivity index (χ2n) is 4.65. The first-order valence-corrected chi connectivity index (χ1v) is 7.15. The van der Waals surface area contributed by atoms with Gasteiger partial charge in [0.2, 0.25) is 0 Å². The Kier molecular flexibility index (Phi) is 3.61. The molecule has 4 nitrogen and oxygen atoms in total. The van der Waals surface area contributed by atoms with Crippen molar-refractivity contribution in [3.05, 3.63) is 40.9 Å². The van der Waals surface area contributed by atoms with Gasteiger partial charge in [0.25, 0.3) is 0 Å². The molecule has 0 N–H and O–H groups in total. The second-order valence-corrected chi connectivity index (χ2v) is 5.62. The fraction of sp³-hybridized carbons (Fsp3) is 0.462. The number of nitrogens with zero attached hydrogens (tertiary/aromatic N) is 4. The van der Waals surface area contributed by atoms with Crippen LogP contribution in [0.3, 0.4) is 0 Å². The molecule has 3 rings (SSSR count). The smallest absolute Gasteiger partial charge is 0.0794 e. The molecule has 1 aliphatic heterocycles. The summed E-state index contributed by atoms with van der Waals surface area (Å²) in [6.45, 7) is 3.32. The zero-order valence-electron chi connectivity index (χ0n) is 10.2. The molecule has 1 aliphatic rings. The molecule has 18 heavy (non-hydrogen) atoms. The van der Waals surface area contributed by atoms with Crippen LogP contribution in [0.1, 0.15) is 29.3 Å². The van der Waals surface area contributed by atoms with E-state index in [1.165, 1.54) is 17.7 Å². The Morgan fingerprint density at radius 3 is 2.72 bits per heavy atom. The molecule has 0 aliphatic carbocycles. The molecule has 0 unspecified atom stereocenters. The molecule has 3 heterocycles. The fourth-order valence-corrected chi connectivity index (χ4v) is 3.08. The zero-order chi connectivity index (χ0) is 12.2. The van der Waals surface area contributed by atoms with Gasteiger partial charge in [0.15, 0.2) is 0 Å². The van der Waals surface area contributed by atoms with Gasteiger partial charge in [-0.3, -0.25) is 19.9 Å². The van der Waals surface area contributed by atoms with Crippen LogP contribution in [0, 0.1) is 0 Å². The molecule has 0 amide bonds. The summed E-state index contributed by atoms with van der Waals surface area (Å²) in [4.78, 5) is 16.5. The highest BCUT2D eigenvalue weighted by atomic mass is 32.1.